The monoisotopic (exact) mass is 426 g/mol. The van der Waals surface area contributed by atoms with Crippen LogP contribution in [0.15, 0.2) is 23.5 Å². The van der Waals surface area contributed by atoms with Crippen LogP contribution in [-0.4, -0.2) is 10.9 Å². The molecule has 8 atom stereocenters. The minimum absolute atomic E-state index is 0.143. The summed E-state index contributed by atoms with van der Waals surface area (Å²) in [6.45, 7) is 14.7. The lowest BCUT2D eigenvalue weighted by Crippen LogP contribution is -2.49. The Morgan fingerprint density at radius 3 is 2.45 bits per heavy atom. The molecule has 2 nitrogen and oxygen atoms in total. The molecule has 0 aromatic rings. The lowest BCUT2D eigenvalue weighted by atomic mass is 9.47. The molecule has 0 aromatic carbocycles. The van der Waals surface area contributed by atoms with Gasteiger partial charge in [-0.25, -0.2) is 0 Å². The van der Waals surface area contributed by atoms with Gasteiger partial charge in [-0.15, -0.1) is 0 Å². The quantitative estimate of drug-likeness (QED) is 0.275. The van der Waals surface area contributed by atoms with Crippen molar-refractivity contribution in [3.05, 3.63) is 23.5 Å². The molecular weight excluding hydrogens is 380 g/mol. The van der Waals surface area contributed by atoms with Gasteiger partial charge < -0.3 is 5.11 Å². The highest BCUT2D eigenvalue weighted by Crippen LogP contribution is 2.67. The summed E-state index contributed by atoms with van der Waals surface area (Å²) >= 11 is 0. The van der Waals surface area contributed by atoms with E-state index in [1.165, 1.54) is 38.5 Å². The largest absolute Gasteiger partial charge is 0.515 e. The van der Waals surface area contributed by atoms with E-state index in [1.807, 2.05) is 0 Å². The van der Waals surface area contributed by atoms with Crippen LogP contribution in [0, 0.1) is 52.3 Å². The smallest absolute Gasteiger partial charge is 0.162 e. The van der Waals surface area contributed by atoms with Gasteiger partial charge in [0.2, 0.25) is 0 Å². The molecule has 4 aliphatic rings. The maximum atomic E-state index is 12.4. The Morgan fingerprint density at radius 1 is 1.06 bits per heavy atom. The van der Waals surface area contributed by atoms with Gasteiger partial charge in [0.15, 0.2) is 5.78 Å². The van der Waals surface area contributed by atoms with E-state index >= 15 is 0 Å². The van der Waals surface area contributed by atoms with Crippen LogP contribution in [-0.2, 0) is 4.79 Å². The summed E-state index contributed by atoms with van der Waals surface area (Å²) in [5, 5.41) is 9.68. The van der Waals surface area contributed by atoms with Crippen molar-refractivity contribution in [2.45, 2.75) is 99.3 Å². The number of hydrogen-bond donors (Lipinski definition) is 1. The van der Waals surface area contributed by atoms with Crippen molar-refractivity contribution in [3.8, 4) is 0 Å². The minimum atomic E-state index is 0.143. The van der Waals surface area contributed by atoms with Crippen LogP contribution >= 0.6 is 0 Å². The van der Waals surface area contributed by atoms with Gasteiger partial charge in [0.1, 0.15) is 0 Å². The van der Waals surface area contributed by atoms with Gasteiger partial charge in [0, 0.05) is 12.0 Å². The molecule has 1 N–H and O–H groups in total. The van der Waals surface area contributed by atoms with E-state index in [9.17, 15) is 9.90 Å². The number of carbonyl (C=O) groups excluding carboxylic acids is 1. The highest BCUT2D eigenvalue weighted by molar-refractivity contribution is 5.96. The van der Waals surface area contributed by atoms with Gasteiger partial charge in [-0.3, -0.25) is 4.79 Å². The Labute approximate surface area is 191 Å². The Hall–Kier alpha value is -1.05. The number of Topliss-reactive ketones (excluding diaryl/α,β-unsaturated/α-hetero) is 1. The van der Waals surface area contributed by atoms with Crippen LogP contribution in [0.25, 0.3) is 0 Å². The van der Waals surface area contributed by atoms with E-state index in [0.29, 0.717) is 29.2 Å². The molecule has 174 valence electrons. The predicted octanol–water partition coefficient (Wildman–Crippen LogP) is 7.89. The zero-order valence-corrected chi connectivity index (χ0v) is 20.9. The second kappa shape index (κ2) is 8.38. The number of hydrogen-bond acceptors (Lipinski definition) is 2. The van der Waals surface area contributed by atoms with Crippen LogP contribution < -0.4 is 0 Å². The van der Waals surface area contributed by atoms with Gasteiger partial charge in [-0.1, -0.05) is 66.0 Å². The SMILES string of the molecule is CC(C)[C@@H](C)CC[C@@H](C)[C@@H]1CC[C@@H]2C3=CC[C@H]4CC(=O)/C(=C\O)C[C@]4(C)[C@@H]3CC[C@@]21C. The first-order valence-corrected chi connectivity index (χ1v) is 13.2. The van der Waals surface area contributed by atoms with Crippen LogP contribution in [0.3, 0.4) is 0 Å². The third-order valence-corrected chi connectivity index (χ3v) is 11.0. The average molecular weight is 427 g/mol. The van der Waals surface area contributed by atoms with E-state index in [0.717, 1.165) is 48.7 Å². The molecule has 2 heteroatoms. The van der Waals surface area contributed by atoms with E-state index in [2.05, 4.69) is 47.6 Å². The number of aliphatic hydroxyl groups excluding tert-OH is 1. The van der Waals surface area contributed by atoms with Gasteiger partial charge in [0.25, 0.3) is 0 Å². The van der Waals surface area contributed by atoms with E-state index < -0.39 is 0 Å². The lowest BCUT2D eigenvalue weighted by molar-refractivity contribution is -0.121. The standard InChI is InChI=1S/C29H46O2/c1-18(2)19(3)7-8-20(4)24-11-12-25-23-10-9-22-15-27(31)21(17-30)16-29(22,6)26(23)13-14-28(24,25)5/h10,17-20,22,24-26,30H,7-9,11-16H2,1-6H3/b21-17-/t19-,20+,22-,24-,25+,26+,28+,29-/m0/s1. The van der Waals surface area contributed by atoms with Crippen molar-refractivity contribution in [1.82, 2.24) is 0 Å². The van der Waals surface area contributed by atoms with Gasteiger partial charge in [-0.05, 0) is 90.8 Å². The molecule has 0 heterocycles. The molecule has 0 spiro atoms. The Balaban J connectivity index is 1.53. The third-order valence-electron chi connectivity index (χ3n) is 11.0. The second-order valence-electron chi connectivity index (χ2n) is 12.7. The van der Waals surface area contributed by atoms with Crippen molar-refractivity contribution in [2.24, 2.45) is 52.3 Å². The van der Waals surface area contributed by atoms with Crippen LogP contribution in [0.1, 0.15) is 99.3 Å². The number of ketones is 1. The zero-order valence-electron chi connectivity index (χ0n) is 20.9. The topological polar surface area (TPSA) is 37.3 Å². The van der Waals surface area contributed by atoms with Crippen LogP contribution in [0.4, 0.5) is 0 Å². The molecule has 0 aromatic heterocycles. The number of aliphatic hydroxyl groups is 1. The fraction of sp³-hybridized carbons (Fsp3) is 0.828. The van der Waals surface area contributed by atoms with Crippen LogP contribution in [0.2, 0.25) is 0 Å². The summed E-state index contributed by atoms with van der Waals surface area (Å²) in [4.78, 5) is 12.4. The summed E-state index contributed by atoms with van der Waals surface area (Å²) in [6, 6.07) is 0. The Kier molecular flexibility index (Phi) is 6.25. The molecule has 3 fully saturated rings. The zero-order chi connectivity index (χ0) is 22.6. The molecule has 31 heavy (non-hydrogen) atoms. The Morgan fingerprint density at radius 2 is 1.77 bits per heavy atom. The van der Waals surface area contributed by atoms with Gasteiger partial charge in [-0.2, -0.15) is 0 Å². The number of rotatable bonds is 5. The molecule has 0 bridgehead atoms. The summed E-state index contributed by atoms with van der Waals surface area (Å²) in [6.07, 6.45) is 14.2. The van der Waals surface area contributed by atoms with Crippen LogP contribution in [0.5, 0.6) is 0 Å². The van der Waals surface area contributed by atoms with Crippen molar-refractivity contribution >= 4 is 5.78 Å². The van der Waals surface area contributed by atoms with Crippen molar-refractivity contribution in [1.29, 1.82) is 0 Å². The summed E-state index contributed by atoms with van der Waals surface area (Å²) < 4.78 is 0. The molecule has 0 saturated heterocycles. The summed E-state index contributed by atoms with van der Waals surface area (Å²) in [5.41, 5.74) is 3.01. The first-order valence-electron chi connectivity index (χ1n) is 13.2. The maximum Gasteiger partial charge on any atom is 0.162 e. The fourth-order valence-electron chi connectivity index (χ4n) is 8.42. The highest BCUT2D eigenvalue weighted by Gasteiger charge is 2.58. The number of fused-ring (bicyclic) bond motifs is 5. The average Bonchev–Trinajstić information content (AvgIpc) is 3.09. The molecule has 0 unspecified atom stereocenters. The predicted molar refractivity (Wildman–Crippen MR) is 129 cm³/mol. The first kappa shape index (κ1) is 23.1. The first-order chi connectivity index (χ1) is 14.6. The molecule has 4 aliphatic carbocycles. The number of allylic oxidation sites excluding steroid dienone is 3. The molecule has 3 saturated carbocycles. The fourth-order valence-corrected chi connectivity index (χ4v) is 8.42. The highest BCUT2D eigenvalue weighted by atomic mass is 16.2. The van der Waals surface area contributed by atoms with Crippen molar-refractivity contribution < 1.29 is 9.90 Å². The van der Waals surface area contributed by atoms with E-state index in [4.69, 9.17) is 0 Å². The molecule has 4 rings (SSSR count). The normalized spacial score (nSPS) is 43.3. The maximum absolute atomic E-state index is 12.4. The van der Waals surface area contributed by atoms with E-state index in [1.54, 1.807) is 5.57 Å². The van der Waals surface area contributed by atoms with Gasteiger partial charge >= 0.3 is 0 Å². The summed E-state index contributed by atoms with van der Waals surface area (Å²) in [5.74, 6) is 5.24. The molecule has 0 amide bonds. The molecular formula is C29H46O2. The van der Waals surface area contributed by atoms with Gasteiger partial charge in [0.05, 0.1) is 6.26 Å². The second-order valence-corrected chi connectivity index (χ2v) is 12.7. The van der Waals surface area contributed by atoms with Crippen molar-refractivity contribution in [2.75, 3.05) is 0 Å². The van der Waals surface area contributed by atoms with E-state index in [-0.39, 0.29) is 11.2 Å². The lowest BCUT2D eigenvalue weighted by Gasteiger charge is -2.57. The minimum Gasteiger partial charge on any atom is -0.515 e. The Bertz CT molecular complexity index is 761. The third kappa shape index (κ3) is 3.74. The molecule has 0 radical (unpaired) electrons. The molecule has 0 aliphatic heterocycles. The van der Waals surface area contributed by atoms with Crippen molar-refractivity contribution in [3.63, 3.8) is 0 Å². The number of carbonyl (C=O) groups is 1. The summed E-state index contributed by atoms with van der Waals surface area (Å²) in [7, 11) is 0.